The molecule has 2 rings (SSSR count). The fourth-order valence-electron chi connectivity index (χ4n) is 2.50. The van der Waals surface area contributed by atoms with Crippen LogP contribution in [0.15, 0.2) is 24.3 Å². The molecule has 3 nitrogen and oxygen atoms in total. The van der Waals surface area contributed by atoms with E-state index in [0.29, 0.717) is 11.8 Å². The molecule has 4 heteroatoms. The summed E-state index contributed by atoms with van der Waals surface area (Å²) >= 11 is 0. The van der Waals surface area contributed by atoms with Crippen LogP contribution in [-0.4, -0.2) is 35.3 Å². The van der Waals surface area contributed by atoms with Gasteiger partial charge in [0.2, 0.25) is 0 Å². The number of hydrogen-bond donors (Lipinski definition) is 1. The summed E-state index contributed by atoms with van der Waals surface area (Å²) in [5.41, 5.74) is 2.63. The van der Waals surface area contributed by atoms with Crippen LogP contribution < -0.4 is 10.2 Å². The average Bonchev–Trinajstić information content (AvgIpc) is 2.90. The topological polar surface area (TPSA) is 32.3 Å². The molecule has 0 bridgehead atoms. The second-order valence-electron chi connectivity index (χ2n) is 5.38. The molecule has 0 aromatic heterocycles. The van der Waals surface area contributed by atoms with E-state index in [9.17, 15) is 4.21 Å². The lowest BCUT2D eigenvalue weighted by atomic mass is 10.2. The lowest BCUT2D eigenvalue weighted by Crippen LogP contribution is -2.30. The van der Waals surface area contributed by atoms with E-state index in [1.807, 2.05) is 0 Å². The molecular weight excluding hydrogens is 256 g/mol. The van der Waals surface area contributed by atoms with Crippen LogP contribution >= 0.6 is 0 Å². The second-order valence-corrected chi connectivity index (χ2v) is 6.86. The minimum Gasteiger partial charge on any atom is -0.372 e. The molecule has 1 aliphatic rings. The summed E-state index contributed by atoms with van der Waals surface area (Å²) in [6, 6.07) is 9.10. The van der Waals surface area contributed by atoms with Gasteiger partial charge in [-0.15, -0.1) is 0 Å². The maximum absolute atomic E-state index is 11.1. The van der Waals surface area contributed by atoms with Gasteiger partial charge in [0.15, 0.2) is 0 Å². The van der Waals surface area contributed by atoms with Gasteiger partial charge >= 0.3 is 0 Å². The Hall–Kier alpha value is -0.870. The highest BCUT2D eigenvalue weighted by Gasteiger charge is 2.11. The summed E-state index contributed by atoms with van der Waals surface area (Å²) in [6.45, 7) is 5.31. The average molecular weight is 280 g/mol. The van der Waals surface area contributed by atoms with Gasteiger partial charge in [-0.3, -0.25) is 4.21 Å². The summed E-state index contributed by atoms with van der Waals surface area (Å²) in [7, 11) is -0.728. The van der Waals surface area contributed by atoms with E-state index in [1.54, 1.807) is 6.26 Å². The molecule has 0 spiro atoms. The van der Waals surface area contributed by atoms with Crippen molar-refractivity contribution in [3.05, 3.63) is 29.8 Å². The predicted octanol–water partition coefficient (Wildman–Crippen LogP) is 2.14. The Morgan fingerprint density at radius 2 is 1.89 bits per heavy atom. The van der Waals surface area contributed by atoms with Crippen molar-refractivity contribution in [1.82, 2.24) is 5.32 Å². The third kappa shape index (κ3) is 4.62. The fourth-order valence-corrected chi connectivity index (χ4v) is 3.32. The molecule has 1 fully saturated rings. The minimum atomic E-state index is -0.728. The summed E-state index contributed by atoms with van der Waals surface area (Å²) in [6.07, 6.45) is 4.38. The molecule has 19 heavy (non-hydrogen) atoms. The predicted molar refractivity (Wildman–Crippen MR) is 83.1 cm³/mol. The monoisotopic (exact) mass is 280 g/mol. The third-order valence-corrected chi connectivity index (χ3v) is 4.52. The van der Waals surface area contributed by atoms with Crippen molar-refractivity contribution in [1.29, 1.82) is 0 Å². The SMILES string of the molecule is CC(CS(C)=O)NCc1ccc(N2CCCC2)cc1. The number of anilines is 1. The quantitative estimate of drug-likeness (QED) is 0.866. The Morgan fingerprint density at radius 3 is 2.47 bits per heavy atom. The molecule has 0 saturated carbocycles. The van der Waals surface area contributed by atoms with E-state index in [1.165, 1.54) is 37.2 Å². The molecular formula is C15H24N2OS. The van der Waals surface area contributed by atoms with Crippen LogP contribution in [0, 0.1) is 0 Å². The highest BCUT2D eigenvalue weighted by molar-refractivity contribution is 7.84. The first-order valence-electron chi connectivity index (χ1n) is 7.02. The standard InChI is InChI=1S/C15H24N2OS/c1-13(12-19(2)18)16-11-14-5-7-15(8-6-14)17-9-3-4-10-17/h5-8,13,16H,3-4,9-12H2,1-2H3. The van der Waals surface area contributed by atoms with E-state index in [-0.39, 0.29) is 0 Å². The van der Waals surface area contributed by atoms with Gasteiger partial charge < -0.3 is 10.2 Å². The van der Waals surface area contributed by atoms with Gasteiger partial charge in [-0.1, -0.05) is 12.1 Å². The highest BCUT2D eigenvalue weighted by atomic mass is 32.2. The van der Waals surface area contributed by atoms with Crippen LogP contribution in [-0.2, 0) is 17.3 Å². The van der Waals surface area contributed by atoms with Gasteiger partial charge in [-0.2, -0.15) is 0 Å². The first kappa shape index (κ1) is 14.5. The van der Waals surface area contributed by atoms with Crippen molar-refractivity contribution >= 4 is 16.5 Å². The first-order valence-corrected chi connectivity index (χ1v) is 8.75. The molecule has 1 heterocycles. The van der Waals surface area contributed by atoms with Crippen LogP contribution in [0.5, 0.6) is 0 Å². The molecule has 0 amide bonds. The molecule has 0 aliphatic carbocycles. The van der Waals surface area contributed by atoms with Crippen LogP contribution in [0.2, 0.25) is 0 Å². The largest absolute Gasteiger partial charge is 0.372 e. The zero-order chi connectivity index (χ0) is 13.7. The van der Waals surface area contributed by atoms with Gasteiger partial charge in [-0.25, -0.2) is 0 Å². The van der Waals surface area contributed by atoms with E-state index < -0.39 is 10.8 Å². The van der Waals surface area contributed by atoms with Crippen LogP contribution in [0.3, 0.4) is 0 Å². The number of rotatable bonds is 6. The Kier molecular flexibility index (Phi) is 5.40. The van der Waals surface area contributed by atoms with Crippen LogP contribution in [0.1, 0.15) is 25.3 Å². The van der Waals surface area contributed by atoms with Gasteiger partial charge in [0.1, 0.15) is 0 Å². The zero-order valence-electron chi connectivity index (χ0n) is 11.9. The van der Waals surface area contributed by atoms with Crippen molar-refractivity contribution in [2.45, 2.75) is 32.4 Å². The van der Waals surface area contributed by atoms with E-state index in [0.717, 1.165) is 6.54 Å². The summed E-state index contributed by atoms with van der Waals surface area (Å²) in [5, 5.41) is 3.41. The minimum absolute atomic E-state index is 0.295. The Labute approximate surface area is 118 Å². The molecule has 106 valence electrons. The molecule has 1 aromatic carbocycles. The van der Waals surface area contributed by atoms with Crippen LogP contribution in [0.25, 0.3) is 0 Å². The van der Waals surface area contributed by atoms with E-state index in [2.05, 4.69) is 41.4 Å². The normalized spacial score (nSPS) is 18.5. The summed E-state index contributed by atoms with van der Waals surface area (Å²) in [4.78, 5) is 2.44. The molecule has 1 aromatic rings. The molecule has 2 unspecified atom stereocenters. The molecule has 1 N–H and O–H groups in total. The second kappa shape index (κ2) is 7.06. The molecule has 1 saturated heterocycles. The molecule has 2 atom stereocenters. The van der Waals surface area contributed by atoms with Gasteiger partial charge in [0.05, 0.1) is 0 Å². The third-order valence-electron chi connectivity index (χ3n) is 3.55. The first-order chi connectivity index (χ1) is 9.15. The number of hydrogen-bond acceptors (Lipinski definition) is 3. The maximum Gasteiger partial charge on any atom is 0.0383 e. The number of nitrogens with one attached hydrogen (secondary N) is 1. The number of nitrogens with zero attached hydrogens (tertiary/aromatic N) is 1. The lowest BCUT2D eigenvalue weighted by Gasteiger charge is -2.18. The molecule has 1 aliphatic heterocycles. The van der Waals surface area contributed by atoms with Crippen molar-refractivity contribution in [3.63, 3.8) is 0 Å². The maximum atomic E-state index is 11.1. The Bertz CT molecular complexity index is 413. The van der Waals surface area contributed by atoms with Gasteiger partial charge in [0.25, 0.3) is 0 Å². The van der Waals surface area contributed by atoms with Gasteiger partial charge in [-0.05, 0) is 37.5 Å². The van der Waals surface area contributed by atoms with E-state index >= 15 is 0 Å². The number of benzene rings is 1. The van der Waals surface area contributed by atoms with Gasteiger partial charge in [0, 0.05) is 54.2 Å². The Morgan fingerprint density at radius 1 is 1.26 bits per heavy atom. The Balaban J connectivity index is 1.83. The lowest BCUT2D eigenvalue weighted by molar-refractivity contribution is 0.587. The smallest absolute Gasteiger partial charge is 0.0383 e. The zero-order valence-corrected chi connectivity index (χ0v) is 12.7. The summed E-state index contributed by atoms with van der Waals surface area (Å²) in [5.74, 6) is 0.714. The van der Waals surface area contributed by atoms with Crippen LogP contribution in [0.4, 0.5) is 5.69 Å². The van der Waals surface area contributed by atoms with Crippen molar-refractivity contribution < 1.29 is 4.21 Å². The van der Waals surface area contributed by atoms with Crippen molar-refractivity contribution in [2.75, 3.05) is 30.0 Å². The van der Waals surface area contributed by atoms with Crippen molar-refractivity contribution in [2.24, 2.45) is 0 Å². The molecule has 0 radical (unpaired) electrons. The highest BCUT2D eigenvalue weighted by Crippen LogP contribution is 2.20. The van der Waals surface area contributed by atoms with E-state index in [4.69, 9.17) is 0 Å². The summed E-state index contributed by atoms with van der Waals surface area (Å²) < 4.78 is 11.1. The van der Waals surface area contributed by atoms with Crippen molar-refractivity contribution in [3.8, 4) is 0 Å². The fraction of sp³-hybridized carbons (Fsp3) is 0.600.